The molecule has 4 heteroatoms. The molecule has 85 valence electrons. The molecule has 2 rings (SSSR count). The predicted molar refractivity (Wildman–Crippen MR) is 59.6 cm³/mol. The average molecular weight is 229 g/mol. The highest BCUT2D eigenvalue weighted by Crippen LogP contribution is 2.28. The highest BCUT2D eigenvalue weighted by molar-refractivity contribution is 6.22. The van der Waals surface area contributed by atoms with Crippen LogP contribution in [0.25, 0.3) is 0 Å². The van der Waals surface area contributed by atoms with Crippen LogP contribution in [0.15, 0.2) is 30.4 Å². The molecule has 4 nitrogen and oxygen atoms in total. The van der Waals surface area contributed by atoms with Crippen LogP contribution in [0.3, 0.4) is 0 Å². The average Bonchev–Trinajstić information content (AvgIpc) is 2.33. The maximum Gasteiger partial charge on any atom is 0.187 e. The molecule has 1 atom stereocenters. The number of aldehydes is 1. The van der Waals surface area contributed by atoms with Crippen molar-refractivity contribution >= 4 is 17.9 Å². The van der Waals surface area contributed by atoms with Crippen molar-refractivity contribution in [1.82, 2.24) is 0 Å². The van der Waals surface area contributed by atoms with Gasteiger partial charge in [0.2, 0.25) is 0 Å². The minimum absolute atomic E-state index is 0.0459. The quantitative estimate of drug-likeness (QED) is 0.763. The number of rotatable bonds is 2. The smallest absolute Gasteiger partial charge is 0.187 e. The van der Waals surface area contributed by atoms with E-state index in [2.05, 4.69) is 6.92 Å². The van der Waals surface area contributed by atoms with Crippen LogP contribution in [0.1, 0.15) is 26.3 Å². The molecular formula is C13H9O4. The fraction of sp³-hybridized carbons (Fsp3) is 0.0769. The lowest BCUT2D eigenvalue weighted by atomic mass is 9.84. The van der Waals surface area contributed by atoms with Gasteiger partial charge in [-0.2, -0.15) is 0 Å². The molecule has 0 aliphatic heterocycles. The number of aliphatic hydroxyl groups is 1. The third-order valence-corrected chi connectivity index (χ3v) is 2.62. The minimum Gasteiger partial charge on any atom is -0.378 e. The fourth-order valence-corrected chi connectivity index (χ4v) is 1.77. The molecule has 1 N–H and O–H groups in total. The lowest BCUT2D eigenvalue weighted by Crippen LogP contribution is -2.28. The number of hydrogen-bond acceptors (Lipinski definition) is 4. The van der Waals surface area contributed by atoms with Gasteiger partial charge < -0.3 is 5.11 Å². The van der Waals surface area contributed by atoms with Crippen molar-refractivity contribution < 1.29 is 19.5 Å². The summed E-state index contributed by atoms with van der Waals surface area (Å²) in [6.45, 7) is 3.33. The first kappa shape index (κ1) is 11.4. The molecule has 0 spiro atoms. The Morgan fingerprint density at radius 2 is 1.82 bits per heavy atom. The van der Waals surface area contributed by atoms with Crippen molar-refractivity contribution in [1.29, 1.82) is 0 Å². The van der Waals surface area contributed by atoms with E-state index in [1.54, 1.807) is 0 Å². The predicted octanol–water partition coefficient (Wildman–Crippen LogP) is 0.842. The van der Waals surface area contributed by atoms with E-state index in [0.717, 1.165) is 12.2 Å². The van der Waals surface area contributed by atoms with Gasteiger partial charge in [-0.25, -0.2) is 0 Å². The second-order valence-corrected chi connectivity index (χ2v) is 3.83. The third-order valence-electron chi connectivity index (χ3n) is 2.62. The van der Waals surface area contributed by atoms with Gasteiger partial charge in [-0.05, 0) is 19.1 Å². The lowest BCUT2D eigenvalue weighted by Gasteiger charge is -2.21. The normalized spacial score (nSPS) is 17.5. The topological polar surface area (TPSA) is 71.4 Å². The summed E-state index contributed by atoms with van der Waals surface area (Å²) in [7, 11) is 0. The van der Waals surface area contributed by atoms with E-state index in [9.17, 15) is 19.5 Å². The van der Waals surface area contributed by atoms with E-state index >= 15 is 0 Å². The molecule has 0 bridgehead atoms. The van der Waals surface area contributed by atoms with Gasteiger partial charge >= 0.3 is 0 Å². The molecule has 1 unspecified atom stereocenters. The zero-order valence-electron chi connectivity index (χ0n) is 8.84. The zero-order valence-corrected chi connectivity index (χ0v) is 8.84. The Balaban J connectivity index is 2.75. The molecule has 0 amide bonds. The summed E-state index contributed by atoms with van der Waals surface area (Å²) in [5, 5.41) is 9.79. The number of benzene rings is 1. The van der Waals surface area contributed by atoms with Gasteiger partial charge in [0.25, 0.3) is 0 Å². The van der Waals surface area contributed by atoms with Gasteiger partial charge in [0.15, 0.2) is 17.9 Å². The molecule has 1 aromatic carbocycles. The van der Waals surface area contributed by atoms with Crippen molar-refractivity contribution in [3.63, 3.8) is 0 Å². The zero-order chi connectivity index (χ0) is 12.6. The van der Waals surface area contributed by atoms with Crippen molar-refractivity contribution in [2.75, 3.05) is 0 Å². The Morgan fingerprint density at radius 1 is 1.18 bits per heavy atom. The number of ketones is 2. The summed E-state index contributed by atoms with van der Waals surface area (Å²) in [5.41, 5.74) is -1.75. The fourth-order valence-electron chi connectivity index (χ4n) is 1.77. The van der Waals surface area contributed by atoms with Gasteiger partial charge in [0, 0.05) is 16.7 Å². The Bertz CT molecular complexity index is 553. The van der Waals surface area contributed by atoms with Crippen LogP contribution in [0.5, 0.6) is 0 Å². The van der Waals surface area contributed by atoms with Gasteiger partial charge in [-0.1, -0.05) is 18.2 Å². The number of carbonyl (C=O) groups excluding carboxylic acids is 3. The second kappa shape index (κ2) is 3.75. The molecule has 0 saturated heterocycles. The van der Waals surface area contributed by atoms with E-state index in [1.165, 1.54) is 18.2 Å². The van der Waals surface area contributed by atoms with Crippen LogP contribution in [0.4, 0.5) is 0 Å². The summed E-state index contributed by atoms with van der Waals surface area (Å²) in [6, 6.07) is 4.38. The second-order valence-electron chi connectivity index (χ2n) is 3.83. The molecular weight excluding hydrogens is 220 g/mol. The van der Waals surface area contributed by atoms with Crippen molar-refractivity contribution in [2.45, 2.75) is 5.60 Å². The molecule has 1 aliphatic rings. The van der Waals surface area contributed by atoms with Crippen LogP contribution < -0.4 is 0 Å². The van der Waals surface area contributed by atoms with Crippen LogP contribution in [-0.2, 0) is 10.4 Å². The molecule has 1 aliphatic carbocycles. The van der Waals surface area contributed by atoms with Gasteiger partial charge in [0.1, 0.15) is 5.60 Å². The molecule has 17 heavy (non-hydrogen) atoms. The van der Waals surface area contributed by atoms with E-state index in [4.69, 9.17) is 0 Å². The number of fused-ring (bicyclic) bond motifs is 1. The highest BCUT2D eigenvalue weighted by Gasteiger charge is 2.31. The molecule has 1 aromatic rings. The Kier molecular flexibility index (Phi) is 2.52. The first-order valence-electron chi connectivity index (χ1n) is 4.91. The van der Waals surface area contributed by atoms with Crippen LogP contribution in [-0.4, -0.2) is 23.0 Å². The summed E-state index contributed by atoms with van der Waals surface area (Å²) in [5.74, 6) is -0.748. The Labute approximate surface area is 97.6 Å². The van der Waals surface area contributed by atoms with Crippen molar-refractivity contribution in [2.24, 2.45) is 0 Å². The van der Waals surface area contributed by atoms with Crippen LogP contribution >= 0.6 is 0 Å². The van der Waals surface area contributed by atoms with Gasteiger partial charge in [-0.3, -0.25) is 14.4 Å². The van der Waals surface area contributed by atoms with Crippen LogP contribution in [0, 0.1) is 6.92 Å². The first-order valence-corrected chi connectivity index (χ1v) is 4.91. The maximum atomic E-state index is 11.7. The monoisotopic (exact) mass is 229 g/mol. The SMILES string of the molecule is [CH2]C(O)(C=O)c1cccc2c1C(=O)C=CC2=O. The van der Waals surface area contributed by atoms with E-state index in [0.29, 0.717) is 0 Å². The summed E-state index contributed by atoms with van der Waals surface area (Å²) in [4.78, 5) is 34.1. The van der Waals surface area contributed by atoms with Gasteiger partial charge in [-0.15, -0.1) is 0 Å². The van der Waals surface area contributed by atoms with Crippen molar-refractivity contribution in [3.8, 4) is 0 Å². The maximum absolute atomic E-state index is 11.7. The Hall–Kier alpha value is -2.07. The molecule has 1 radical (unpaired) electrons. The molecule has 0 heterocycles. The number of hydrogen-bond donors (Lipinski definition) is 1. The van der Waals surface area contributed by atoms with Gasteiger partial charge in [0.05, 0.1) is 0 Å². The van der Waals surface area contributed by atoms with E-state index in [-0.39, 0.29) is 28.8 Å². The molecule has 0 aromatic heterocycles. The summed E-state index contributed by atoms with van der Waals surface area (Å²) < 4.78 is 0. The Morgan fingerprint density at radius 3 is 2.47 bits per heavy atom. The first-order chi connectivity index (χ1) is 7.97. The highest BCUT2D eigenvalue weighted by atomic mass is 16.3. The third kappa shape index (κ3) is 1.72. The lowest BCUT2D eigenvalue weighted by molar-refractivity contribution is -0.120. The van der Waals surface area contributed by atoms with Crippen LogP contribution in [0.2, 0.25) is 0 Å². The summed E-state index contributed by atoms with van der Waals surface area (Å²) >= 11 is 0. The standard InChI is InChI=1S/C13H9O4/c1-13(17,7-14)9-4-2-3-8-10(15)5-6-11(16)12(8)9/h2-7,17H,1H2. The summed E-state index contributed by atoms with van der Waals surface area (Å²) in [6.07, 6.45) is 2.52. The number of carbonyl (C=O) groups is 3. The minimum atomic E-state index is -2.02. The molecule has 0 fully saturated rings. The molecule has 0 saturated carbocycles. The van der Waals surface area contributed by atoms with Crippen molar-refractivity contribution in [3.05, 3.63) is 54.0 Å². The largest absolute Gasteiger partial charge is 0.378 e. The van der Waals surface area contributed by atoms with E-state index < -0.39 is 11.4 Å². The number of allylic oxidation sites excluding steroid dienone is 2. The van der Waals surface area contributed by atoms with E-state index in [1.807, 2.05) is 0 Å².